The van der Waals surface area contributed by atoms with Crippen molar-refractivity contribution in [2.75, 3.05) is 12.8 Å². The van der Waals surface area contributed by atoms with E-state index in [4.69, 9.17) is 5.73 Å². The van der Waals surface area contributed by atoms with Gasteiger partial charge in [-0.25, -0.2) is 8.42 Å². The summed E-state index contributed by atoms with van der Waals surface area (Å²) >= 11 is 0. The van der Waals surface area contributed by atoms with Crippen molar-refractivity contribution < 1.29 is 18.6 Å². The van der Waals surface area contributed by atoms with E-state index in [0.29, 0.717) is 5.56 Å². The molecule has 0 bridgehead atoms. The first kappa shape index (κ1) is 13.1. The summed E-state index contributed by atoms with van der Waals surface area (Å²) in [5.41, 5.74) is 5.54. The van der Waals surface area contributed by atoms with E-state index >= 15 is 0 Å². The van der Waals surface area contributed by atoms with Crippen molar-refractivity contribution in [2.24, 2.45) is 5.73 Å². The Bertz CT molecular complexity index is 458. The molecule has 0 heterocycles. The number of nitrogens with two attached hydrogens (primary N) is 1. The van der Waals surface area contributed by atoms with E-state index in [9.17, 15) is 18.6 Å². The number of aliphatic hydroxyl groups is 2. The molecule has 0 radical (unpaired) electrons. The maximum absolute atomic E-state index is 11.3. The topological polar surface area (TPSA) is 101 Å². The average molecular weight is 245 g/mol. The molecular weight excluding hydrogens is 230 g/mol. The summed E-state index contributed by atoms with van der Waals surface area (Å²) in [5, 5.41) is 19.0. The van der Waals surface area contributed by atoms with Gasteiger partial charge in [-0.2, -0.15) is 0 Å². The Kier molecular flexibility index (Phi) is 4.03. The number of hydrogen-bond donors (Lipinski definition) is 3. The van der Waals surface area contributed by atoms with Crippen LogP contribution in [0.15, 0.2) is 29.2 Å². The highest BCUT2D eigenvalue weighted by molar-refractivity contribution is 7.90. The average Bonchev–Trinajstić information content (AvgIpc) is 2.26. The van der Waals surface area contributed by atoms with E-state index in [1.54, 1.807) is 0 Å². The van der Waals surface area contributed by atoms with Crippen LogP contribution >= 0.6 is 0 Å². The van der Waals surface area contributed by atoms with Crippen molar-refractivity contribution in [2.45, 2.75) is 17.1 Å². The van der Waals surface area contributed by atoms with Crippen LogP contribution in [0.3, 0.4) is 0 Å². The van der Waals surface area contributed by atoms with Crippen LogP contribution in [0.5, 0.6) is 0 Å². The van der Waals surface area contributed by atoms with Crippen LogP contribution in [-0.2, 0) is 9.84 Å². The number of hydrogen-bond acceptors (Lipinski definition) is 5. The smallest absolute Gasteiger partial charge is 0.175 e. The SMILES string of the molecule is CS(=O)(=O)c1cccc(C(O)C(O)CN)c1. The zero-order valence-electron chi connectivity index (χ0n) is 8.87. The van der Waals surface area contributed by atoms with Gasteiger partial charge < -0.3 is 15.9 Å². The molecule has 0 fully saturated rings. The van der Waals surface area contributed by atoms with Gasteiger partial charge in [-0.1, -0.05) is 12.1 Å². The highest BCUT2D eigenvalue weighted by atomic mass is 32.2. The van der Waals surface area contributed by atoms with E-state index in [-0.39, 0.29) is 11.4 Å². The lowest BCUT2D eigenvalue weighted by atomic mass is 10.0. The zero-order chi connectivity index (χ0) is 12.3. The van der Waals surface area contributed by atoms with Crippen molar-refractivity contribution in [3.8, 4) is 0 Å². The second-order valence-electron chi connectivity index (χ2n) is 3.59. The fraction of sp³-hybridized carbons (Fsp3) is 0.400. The third kappa shape index (κ3) is 3.02. The van der Waals surface area contributed by atoms with Gasteiger partial charge >= 0.3 is 0 Å². The van der Waals surface area contributed by atoms with Crippen LogP contribution in [0.2, 0.25) is 0 Å². The first-order chi connectivity index (χ1) is 7.36. The monoisotopic (exact) mass is 245 g/mol. The molecule has 0 aliphatic heterocycles. The summed E-state index contributed by atoms with van der Waals surface area (Å²) in [6.07, 6.45) is -1.20. The lowest BCUT2D eigenvalue weighted by Crippen LogP contribution is -2.27. The highest BCUT2D eigenvalue weighted by Crippen LogP contribution is 2.19. The molecule has 0 aliphatic rings. The van der Waals surface area contributed by atoms with E-state index < -0.39 is 22.0 Å². The molecule has 0 aromatic heterocycles. The molecule has 0 amide bonds. The van der Waals surface area contributed by atoms with Crippen molar-refractivity contribution in [1.82, 2.24) is 0 Å². The van der Waals surface area contributed by atoms with Crippen LogP contribution < -0.4 is 5.73 Å². The van der Waals surface area contributed by atoms with E-state index in [1.165, 1.54) is 24.3 Å². The normalized spacial score (nSPS) is 15.8. The van der Waals surface area contributed by atoms with Gasteiger partial charge in [-0.15, -0.1) is 0 Å². The molecule has 2 unspecified atom stereocenters. The molecule has 90 valence electrons. The summed E-state index contributed by atoms with van der Waals surface area (Å²) in [7, 11) is -3.32. The van der Waals surface area contributed by atoms with Crippen molar-refractivity contribution in [3.63, 3.8) is 0 Å². The van der Waals surface area contributed by atoms with E-state index in [1.807, 2.05) is 0 Å². The minimum atomic E-state index is -3.32. The van der Waals surface area contributed by atoms with Crippen LogP contribution in [-0.4, -0.2) is 37.5 Å². The van der Waals surface area contributed by atoms with Crippen molar-refractivity contribution >= 4 is 9.84 Å². The second kappa shape index (κ2) is 4.92. The summed E-state index contributed by atoms with van der Waals surface area (Å²) in [4.78, 5) is 0.105. The predicted molar refractivity (Wildman–Crippen MR) is 59.6 cm³/mol. The Morgan fingerprint density at radius 1 is 1.38 bits per heavy atom. The maximum atomic E-state index is 11.3. The molecule has 1 aromatic rings. The van der Waals surface area contributed by atoms with Gasteiger partial charge in [0.2, 0.25) is 0 Å². The van der Waals surface area contributed by atoms with Gasteiger partial charge in [0, 0.05) is 12.8 Å². The largest absolute Gasteiger partial charge is 0.389 e. The predicted octanol–water partition coefficient (Wildman–Crippen LogP) is -0.557. The second-order valence-corrected chi connectivity index (χ2v) is 5.61. The maximum Gasteiger partial charge on any atom is 0.175 e. The van der Waals surface area contributed by atoms with Gasteiger partial charge in [0.25, 0.3) is 0 Å². The van der Waals surface area contributed by atoms with Crippen molar-refractivity contribution in [1.29, 1.82) is 0 Å². The fourth-order valence-corrected chi connectivity index (χ4v) is 1.96. The van der Waals surface area contributed by atoms with E-state index in [0.717, 1.165) is 6.26 Å². The molecule has 2 atom stereocenters. The summed E-state index contributed by atoms with van der Waals surface area (Å²) < 4.78 is 22.6. The molecule has 0 spiro atoms. The molecule has 6 heteroatoms. The van der Waals surface area contributed by atoms with Crippen LogP contribution in [0, 0.1) is 0 Å². The minimum absolute atomic E-state index is 0.0930. The van der Waals surface area contributed by atoms with Gasteiger partial charge in [-0.3, -0.25) is 0 Å². The highest BCUT2D eigenvalue weighted by Gasteiger charge is 2.18. The molecule has 4 N–H and O–H groups in total. The fourth-order valence-electron chi connectivity index (χ4n) is 1.28. The number of benzene rings is 1. The van der Waals surface area contributed by atoms with Crippen LogP contribution in [0.4, 0.5) is 0 Å². The molecule has 1 aromatic carbocycles. The molecule has 16 heavy (non-hydrogen) atoms. The number of rotatable bonds is 4. The van der Waals surface area contributed by atoms with Crippen LogP contribution in [0.25, 0.3) is 0 Å². The molecule has 5 nitrogen and oxygen atoms in total. The Morgan fingerprint density at radius 2 is 2.00 bits per heavy atom. The molecule has 1 rings (SSSR count). The lowest BCUT2D eigenvalue weighted by molar-refractivity contribution is 0.0242. The van der Waals surface area contributed by atoms with Gasteiger partial charge in [0.05, 0.1) is 11.0 Å². The van der Waals surface area contributed by atoms with Crippen LogP contribution in [0.1, 0.15) is 11.7 Å². The summed E-state index contributed by atoms with van der Waals surface area (Å²) in [5.74, 6) is 0. The molecule has 0 aliphatic carbocycles. The number of sulfone groups is 1. The first-order valence-corrected chi connectivity index (χ1v) is 6.61. The minimum Gasteiger partial charge on any atom is -0.389 e. The van der Waals surface area contributed by atoms with Gasteiger partial charge in [0.1, 0.15) is 6.10 Å². The number of aliphatic hydroxyl groups excluding tert-OH is 2. The Balaban J connectivity index is 3.08. The third-order valence-electron chi connectivity index (χ3n) is 2.23. The Morgan fingerprint density at radius 3 is 2.50 bits per heavy atom. The Labute approximate surface area is 94.4 Å². The molecule has 0 saturated carbocycles. The summed E-state index contributed by atoms with van der Waals surface area (Å²) in [6.45, 7) is -0.0930. The van der Waals surface area contributed by atoms with Gasteiger partial charge in [-0.05, 0) is 17.7 Å². The molecule has 0 saturated heterocycles. The summed E-state index contributed by atoms with van der Waals surface area (Å²) in [6, 6.07) is 5.82. The quantitative estimate of drug-likeness (QED) is 0.660. The van der Waals surface area contributed by atoms with Crippen molar-refractivity contribution in [3.05, 3.63) is 29.8 Å². The lowest BCUT2D eigenvalue weighted by Gasteiger charge is -2.16. The van der Waals surface area contributed by atoms with Gasteiger partial charge in [0.15, 0.2) is 9.84 Å². The molecular formula is C10H15NO4S. The van der Waals surface area contributed by atoms with E-state index in [2.05, 4.69) is 0 Å². The third-order valence-corrected chi connectivity index (χ3v) is 3.34. The first-order valence-electron chi connectivity index (χ1n) is 4.72. The standard InChI is InChI=1S/C10H15NO4S/c1-16(14,15)8-4-2-3-7(5-8)10(13)9(12)6-11/h2-5,9-10,12-13H,6,11H2,1H3. The Hall–Kier alpha value is -0.950. The zero-order valence-corrected chi connectivity index (χ0v) is 9.68.